The summed E-state index contributed by atoms with van der Waals surface area (Å²) < 4.78 is 19.7. The zero-order chi connectivity index (χ0) is 14.7. The summed E-state index contributed by atoms with van der Waals surface area (Å²) in [5.41, 5.74) is 2.51. The molecule has 1 atom stereocenters. The van der Waals surface area contributed by atoms with E-state index in [2.05, 4.69) is 15.9 Å². The maximum atomic E-state index is 13.3. The Kier molecular flexibility index (Phi) is 4.78. The van der Waals surface area contributed by atoms with Gasteiger partial charge in [0.05, 0.1) is 6.10 Å². The predicted molar refractivity (Wildman–Crippen MR) is 80.2 cm³/mol. The minimum Gasteiger partial charge on any atom is -0.489 e. The first-order valence-electron chi connectivity index (χ1n) is 6.32. The van der Waals surface area contributed by atoms with Gasteiger partial charge in [-0.05, 0) is 49.2 Å². The van der Waals surface area contributed by atoms with E-state index >= 15 is 0 Å². The highest BCUT2D eigenvalue weighted by atomic mass is 79.9. The van der Waals surface area contributed by atoms with Gasteiger partial charge in [0, 0.05) is 10.0 Å². The van der Waals surface area contributed by atoms with Crippen molar-refractivity contribution >= 4 is 15.9 Å². The summed E-state index contributed by atoms with van der Waals surface area (Å²) in [6, 6.07) is 10.3. The Hall–Kier alpha value is -1.39. The van der Waals surface area contributed by atoms with Crippen LogP contribution in [0.1, 0.15) is 29.7 Å². The molecule has 0 spiro atoms. The maximum absolute atomic E-state index is 13.3. The van der Waals surface area contributed by atoms with Crippen molar-refractivity contribution in [3.8, 4) is 5.75 Å². The van der Waals surface area contributed by atoms with E-state index < -0.39 is 6.10 Å². The summed E-state index contributed by atoms with van der Waals surface area (Å²) in [4.78, 5) is 0. The van der Waals surface area contributed by atoms with Crippen LogP contribution >= 0.6 is 15.9 Å². The van der Waals surface area contributed by atoms with Crippen LogP contribution < -0.4 is 4.74 Å². The van der Waals surface area contributed by atoms with Crippen LogP contribution in [-0.4, -0.2) is 5.11 Å². The van der Waals surface area contributed by atoms with Crippen molar-refractivity contribution in [2.75, 3.05) is 0 Å². The topological polar surface area (TPSA) is 29.5 Å². The van der Waals surface area contributed by atoms with E-state index in [1.807, 2.05) is 25.1 Å². The number of aliphatic hydroxyl groups excluding tert-OH is 1. The molecule has 2 aromatic rings. The zero-order valence-corrected chi connectivity index (χ0v) is 12.9. The highest BCUT2D eigenvalue weighted by molar-refractivity contribution is 9.10. The molecule has 0 bridgehead atoms. The minimum absolute atomic E-state index is 0.250. The van der Waals surface area contributed by atoms with Gasteiger partial charge in [0.1, 0.15) is 18.2 Å². The second-order valence-electron chi connectivity index (χ2n) is 4.78. The Morgan fingerprint density at radius 3 is 2.65 bits per heavy atom. The lowest BCUT2D eigenvalue weighted by atomic mass is 10.1. The molecule has 0 unspecified atom stereocenters. The normalized spacial score (nSPS) is 12.2. The van der Waals surface area contributed by atoms with Gasteiger partial charge in [0.25, 0.3) is 0 Å². The van der Waals surface area contributed by atoms with Crippen LogP contribution in [0.5, 0.6) is 5.75 Å². The summed E-state index contributed by atoms with van der Waals surface area (Å²) in [5.74, 6) is 0.318. The quantitative estimate of drug-likeness (QED) is 0.887. The van der Waals surface area contributed by atoms with Gasteiger partial charge in [-0.3, -0.25) is 0 Å². The van der Waals surface area contributed by atoms with Crippen molar-refractivity contribution in [1.29, 1.82) is 0 Å². The molecule has 2 aromatic carbocycles. The molecule has 0 amide bonds. The summed E-state index contributed by atoms with van der Waals surface area (Å²) in [5, 5.41) is 9.73. The van der Waals surface area contributed by atoms with Crippen molar-refractivity contribution in [2.24, 2.45) is 0 Å². The van der Waals surface area contributed by atoms with Crippen molar-refractivity contribution in [2.45, 2.75) is 26.6 Å². The first kappa shape index (κ1) is 15.0. The van der Waals surface area contributed by atoms with Crippen LogP contribution in [0.15, 0.2) is 40.9 Å². The molecule has 0 aliphatic heterocycles. The molecule has 20 heavy (non-hydrogen) atoms. The molecule has 4 heteroatoms. The van der Waals surface area contributed by atoms with Crippen LogP contribution in [0.3, 0.4) is 0 Å². The van der Waals surface area contributed by atoms with Crippen molar-refractivity contribution in [1.82, 2.24) is 0 Å². The standard InChI is InChI=1S/C16H16BrFO2/c1-10-3-4-15(11(2)19)16(5-10)20-9-12-6-13(17)8-14(18)7-12/h3-8,11,19H,9H2,1-2H3/t11-/m1/s1. The first-order valence-corrected chi connectivity index (χ1v) is 7.11. The monoisotopic (exact) mass is 338 g/mol. The molecule has 0 saturated heterocycles. The lowest BCUT2D eigenvalue weighted by Gasteiger charge is -2.14. The highest BCUT2D eigenvalue weighted by Crippen LogP contribution is 2.27. The van der Waals surface area contributed by atoms with Crippen LogP contribution in [0.25, 0.3) is 0 Å². The molecule has 0 heterocycles. The van der Waals surface area contributed by atoms with Gasteiger partial charge < -0.3 is 9.84 Å². The van der Waals surface area contributed by atoms with Gasteiger partial charge in [0.2, 0.25) is 0 Å². The molecular formula is C16H16BrFO2. The van der Waals surface area contributed by atoms with E-state index in [0.29, 0.717) is 10.2 Å². The molecule has 2 rings (SSSR count). The van der Waals surface area contributed by atoms with Gasteiger partial charge in [0.15, 0.2) is 0 Å². The Balaban J connectivity index is 2.20. The van der Waals surface area contributed by atoms with Gasteiger partial charge in [-0.15, -0.1) is 0 Å². The summed E-state index contributed by atoms with van der Waals surface area (Å²) in [6.07, 6.45) is -0.607. The number of aryl methyl sites for hydroxylation is 1. The fraction of sp³-hybridized carbons (Fsp3) is 0.250. The predicted octanol–water partition coefficient (Wildman–Crippen LogP) is 4.53. The summed E-state index contributed by atoms with van der Waals surface area (Å²) in [6.45, 7) is 3.90. The SMILES string of the molecule is Cc1ccc([C@@H](C)O)c(OCc2cc(F)cc(Br)c2)c1. The van der Waals surface area contributed by atoms with Crippen LogP contribution in [0.2, 0.25) is 0 Å². The van der Waals surface area contributed by atoms with Crippen LogP contribution in [-0.2, 0) is 6.61 Å². The maximum Gasteiger partial charge on any atom is 0.125 e. The van der Waals surface area contributed by atoms with Crippen LogP contribution in [0.4, 0.5) is 4.39 Å². The van der Waals surface area contributed by atoms with Crippen molar-refractivity contribution in [3.05, 3.63) is 63.4 Å². The molecule has 0 aliphatic rings. The number of aliphatic hydroxyl groups is 1. The number of hydrogen-bond donors (Lipinski definition) is 1. The lowest BCUT2D eigenvalue weighted by molar-refractivity contribution is 0.190. The number of ether oxygens (including phenoxy) is 1. The molecule has 2 nitrogen and oxygen atoms in total. The number of hydrogen-bond acceptors (Lipinski definition) is 2. The Morgan fingerprint density at radius 1 is 1.25 bits per heavy atom. The van der Waals surface area contributed by atoms with E-state index in [-0.39, 0.29) is 12.4 Å². The second-order valence-corrected chi connectivity index (χ2v) is 5.70. The highest BCUT2D eigenvalue weighted by Gasteiger charge is 2.10. The molecule has 0 aromatic heterocycles. The Morgan fingerprint density at radius 2 is 2.00 bits per heavy atom. The largest absolute Gasteiger partial charge is 0.489 e. The fourth-order valence-corrected chi connectivity index (χ4v) is 2.48. The average molecular weight is 339 g/mol. The summed E-state index contributed by atoms with van der Waals surface area (Å²) >= 11 is 3.25. The first-order chi connectivity index (χ1) is 9.45. The number of benzene rings is 2. The molecule has 0 aliphatic carbocycles. The van der Waals surface area contributed by atoms with E-state index in [4.69, 9.17) is 4.74 Å². The van der Waals surface area contributed by atoms with E-state index in [0.717, 1.165) is 16.7 Å². The van der Waals surface area contributed by atoms with Crippen molar-refractivity contribution < 1.29 is 14.2 Å². The zero-order valence-electron chi connectivity index (χ0n) is 11.4. The molecule has 0 fully saturated rings. The molecule has 0 saturated carbocycles. The average Bonchev–Trinajstić information content (AvgIpc) is 2.35. The van der Waals surface area contributed by atoms with Gasteiger partial charge >= 0.3 is 0 Å². The third-order valence-electron chi connectivity index (χ3n) is 2.94. The molecule has 1 N–H and O–H groups in total. The fourth-order valence-electron chi connectivity index (χ4n) is 1.97. The molecular weight excluding hydrogens is 323 g/mol. The minimum atomic E-state index is -0.607. The van der Waals surface area contributed by atoms with E-state index in [1.165, 1.54) is 12.1 Å². The third-order valence-corrected chi connectivity index (χ3v) is 3.39. The smallest absolute Gasteiger partial charge is 0.125 e. The number of rotatable bonds is 4. The van der Waals surface area contributed by atoms with Crippen LogP contribution in [0, 0.1) is 12.7 Å². The lowest BCUT2D eigenvalue weighted by Crippen LogP contribution is -2.02. The second kappa shape index (κ2) is 6.37. The molecule has 106 valence electrons. The Bertz CT molecular complexity index is 591. The molecule has 0 radical (unpaired) electrons. The van der Waals surface area contributed by atoms with Gasteiger partial charge in [-0.25, -0.2) is 4.39 Å². The summed E-state index contributed by atoms with van der Waals surface area (Å²) in [7, 11) is 0. The van der Waals surface area contributed by atoms with Gasteiger partial charge in [-0.1, -0.05) is 28.1 Å². The number of halogens is 2. The van der Waals surface area contributed by atoms with E-state index in [9.17, 15) is 9.50 Å². The van der Waals surface area contributed by atoms with Crippen molar-refractivity contribution in [3.63, 3.8) is 0 Å². The third kappa shape index (κ3) is 3.81. The Labute approximate surface area is 126 Å². The van der Waals surface area contributed by atoms with Gasteiger partial charge in [-0.2, -0.15) is 0 Å². The van der Waals surface area contributed by atoms with E-state index in [1.54, 1.807) is 13.0 Å².